The van der Waals surface area contributed by atoms with Gasteiger partial charge in [0, 0.05) is 0 Å². The highest BCUT2D eigenvalue weighted by Gasteiger charge is 2.13. The Kier molecular flexibility index (Phi) is 6.09. The Balaban J connectivity index is 2.20. The van der Waals surface area contributed by atoms with Crippen LogP contribution in [0.3, 0.4) is 0 Å². The fraction of sp³-hybridized carbons (Fsp3) is 0.188. The number of phenols is 1. The number of benzene rings is 2. The number of phenolic OH excluding ortho intramolecular Hbond substituents is 1. The molecule has 0 saturated carbocycles. The van der Waals surface area contributed by atoms with E-state index in [9.17, 15) is 9.90 Å². The molecule has 0 aliphatic heterocycles. The van der Waals surface area contributed by atoms with Gasteiger partial charge in [-0.2, -0.15) is 0 Å². The minimum Gasteiger partial charge on any atom is -0.506 e. The molecule has 1 unspecified atom stereocenters. The van der Waals surface area contributed by atoms with Gasteiger partial charge in [0.1, 0.15) is 23.3 Å². The van der Waals surface area contributed by atoms with Gasteiger partial charge in [0.05, 0.1) is 7.14 Å². The topological polar surface area (TPSA) is 92.8 Å². The third-order valence-corrected chi connectivity index (χ3v) is 4.87. The minimum atomic E-state index is -1.02. The van der Waals surface area contributed by atoms with Gasteiger partial charge >= 0.3 is 5.97 Å². The van der Waals surface area contributed by atoms with Crippen LogP contribution in [0.15, 0.2) is 30.3 Å². The number of hydrogen-bond donors (Lipinski definition) is 3. The first-order valence-corrected chi connectivity index (χ1v) is 8.87. The van der Waals surface area contributed by atoms with E-state index in [0.717, 1.165) is 11.1 Å². The summed E-state index contributed by atoms with van der Waals surface area (Å²) >= 11 is 4.09. The molecule has 0 aliphatic carbocycles. The molecule has 2 rings (SSSR count). The highest BCUT2D eigenvalue weighted by molar-refractivity contribution is 14.1. The molecule has 122 valence electrons. The third-order valence-electron chi connectivity index (χ3n) is 3.23. The fourth-order valence-corrected chi connectivity index (χ4v) is 3.73. The molecule has 5 nitrogen and oxygen atoms in total. The second-order valence-corrected chi connectivity index (χ2v) is 7.41. The van der Waals surface area contributed by atoms with Crippen molar-refractivity contribution in [3.63, 3.8) is 0 Å². The van der Waals surface area contributed by atoms with Gasteiger partial charge in [-0.3, -0.25) is 4.79 Å². The Hall–Kier alpha value is -1.07. The van der Waals surface area contributed by atoms with Gasteiger partial charge in [-0.1, -0.05) is 12.1 Å². The van der Waals surface area contributed by atoms with E-state index in [2.05, 4.69) is 0 Å². The standard InChI is InChI=1S/C16H15I2NO4/c1-8-4-9(5-13(19)16(21)22)2-3-14(8)23-10-6-11(17)15(20)12(18)7-10/h2-4,6-7,13,20H,5,19H2,1H3,(H,21,22). The first-order valence-electron chi connectivity index (χ1n) is 6.71. The molecule has 1 atom stereocenters. The molecule has 2 aromatic carbocycles. The van der Waals surface area contributed by atoms with Gasteiger partial charge in [0.2, 0.25) is 0 Å². The van der Waals surface area contributed by atoms with Crippen molar-refractivity contribution < 1.29 is 19.7 Å². The van der Waals surface area contributed by atoms with Crippen molar-refractivity contribution in [2.24, 2.45) is 5.73 Å². The molecule has 2 aromatic rings. The van der Waals surface area contributed by atoms with Crippen LogP contribution in [0.5, 0.6) is 17.2 Å². The monoisotopic (exact) mass is 539 g/mol. The highest BCUT2D eigenvalue weighted by atomic mass is 127. The Morgan fingerprint density at radius 1 is 1.26 bits per heavy atom. The normalized spacial score (nSPS) is 12.0. The number of halogens is 2. The van der Waals surface area contributed by atoms with Crippen LogP contribution in [0.2, 0.25) is 0 Å². The molecule has 0 fully saturated rings. The SMILES string of the molecule is Cc1cc(CC(N)C(=O)O)ccc1Oc1cc(I)c(O)c(I)c1. The van der Waals surface area contributed by atoms with Crippen LogP contribution < -0.4 is 10.5 Å². The van der Waals surface area contributed by atoms with E-state index in [1.807, 2.05) is 64.2 Å². The fourth-order valence-electron chi connectivity index (χ4n) is 2.02. The molecular formula is C16H15I2NO4. The van der Waals surface area contributed by atoms with Crippen LogP contribution >= 0.6 is 45.2 Å². The minimum absolute atomic E-state index is 0.244. The average molecular weight is 539 g/mol. The summed E-state index contributed by atoms with van der Waals surface area (Å²) in [6.45, 7) is 1.89. The predicted molar refractivity (Wildman–Crippen MR) is 104 cm³/mol. The zero-order valence-electron chi connectivity index (χ0n) is 12.2. The van der Waals surface area contributed by atoms with Crippen LogP contribution in [0.25, 0.3) is 0 Å². The maximum Gasteiger partial charge on any atom is 0.320 e. The van der Waals surface area contributed by atoms with Gasteiger partial charge in [-0.05, 0) is 87.9 Å². The van der Waals surface area contributed by atoms with Crippen molar-refractivity contribution in [1.82, 2.24) is 0 Å². The Morgan fingerprint density at radius 2 is 1.87 bits per heavy atom. The van der Waals surface area contributed by atoms with Crippen molar-refractivity contribution in [1.29, 1.82) is 0 Å². The number of carbonyl (C=O) groups is 1. The van der Waals surface area contributed by atoms with Gasteiger partial charge in [-0.25, -0.2) is 0 Å². The van der Waals surface area contributed by atoms with E-state index in [0.29, 0.717) is 18.6 Å². The van der Waals surface area contributed by atoms with Gasteiger partial charge < -0.3 is 20.7 Å². The second kappa shape index (κ2) is 7.67. The van der Waals surface area contributed by atoms with E-state index in [1.54, 1.807) is 18.2 Å². The van der Waals surface area contributed by atoms with Gasteiger partial charge in [0.15, 0.2) is 0 Å². The zero-order valence-corrected chi connectivity index (χ0v) is 16.5. The highest BCUT2D eigenvalue weighted by Crippen LogP contribution is 2.33. The molecule has 0 radical (unpaired) electrons. The molecule has 0 spiro atoms. The summed E-state index contributed by atoms with van der Waals surface area (Å²) in [5.41, 5.74) is 7.29. The van der Waals surface area contributed by atoms with Gasteiger partial charge in [0.25, 0.3) is 0 Å². The molecule has 0 amide bonds. The summed E-state index contributed by atoms with van der Waals surface area (Å²) in [7, 11) is 0. The number of carboxylic acids is 1. The summed E-state index contributed by atoms with van der Waals surface area (Å²) < 4.78 is 7.29. The third kappa shape index (κ3) is 4.70. The van der Waals surface area contributed by atoms with Crippen LogP contribution in [-0.2, 0) is 11.2 Å². The van der Waals surface area contributed by atoms with E-state index < -0.39 is 12.0 Å². The largest absolute Gasteiger partial charge is 0.506 e. The number of aryl methyl sites for hydroxylation is 1. The first kappa shape index (κ1) is 18.3. The Bertz CT molecular complexity index is 726. The van der Waals surface area contributed by atoms with E-state index in [1.165, 1.54) is 0 Å². The Morgan fingerprint density at radius 3 is 2.39 bits per heavy atom. The smallest absolute Gasteiger partial charge is 0.320 e. The van der Waals surface area contributed by atoms with E-state index >= 15 is 0 Å². The van der Waals surface area contributed by atoms with Crippen LogP contribution in [-0.4, -0.2) is 22.2 Å². The van der Waals surface area contributed by atoms with Crippen molar-refractivity contribution in [2.75, 3.05) is 0 Å². The number of aliphatic carboxylic acids is 1. The number of nitrogens with two attached hydrogens (primary N) is 1. The van der Waals surface area contributed by atoms with E-state index in [-0.39, 0.29) is 12.2 Å². The van der Waals surface area contributed by atoms with Crippen molar-refractivity contribution >= 4 is 51.2 Å². The predicted octanol–water partition coefficient (Wildman–Crippen LogP) is 3.66. The summed E-state index contributed by atoms with van der Waals surface area (Å²) in [4.78, 5) is 10.8. The van der Waals surface area contributed by atoms with Crippen LogP contribution in [0.4, 0.5) is 0 Å². The van der Waals surface area contributed by atoms with Crippen molar-refractivity contribution in [3.05, 3.63) is 48.6 Å². The molecule has 23 heavy (non-hydrogen) atoms. The molecular weight excluding hydrogens is 524 g/mol. The zero-order chi connectivity index (χ0) is 17.1. The maximum atomic E-state index is 10.8. The average Bonchev–Trinajstić information content (AvgIpc) is 2.47. The lowest BCUT2D eigenvalue weighted by molar-refractivity contribution is -0.138. The summed E-state index contributed by atoms with van der Waals surface area (Å²) in [5.74, 6) is 0.536. The van der Waals surface area contributed by atoms with Crippen molar-refractivity contribution in [3.8, 4) is 17.2 Å². The molecule has 0 heterocycles. The molecule has 0 aliphatic rings. The second-order valence-electron chi connectivity index (χ2n) is 5.09. The van der Waals surface area contributed by atoms with Crippen molar-refractivity contribution in [2.45, 2.75) is 19.4 Å². The van der Waals surface area contributed by atoms with Crippen LogP contribution in [0, 0.1) is 14.1 Å². The first-order chi connectivity index (χ1) is 10.8. The molecule has 7 heteroatoms. The number of carboxylic acid groups (broad SMARTS) is 1. The molecule has 0 bridgehead atoms. The lowest BCUT2D eigenvalue weighted by Crippen LogP contribution is -2.32. The summed E-state index contributed by atoms with van der Waals surface area (Å²) in [5, 5.41) is 18.7. The maximum absolute atomic E-state index is 10.8. The summed E-state index contributed by atoms with van der Waals surface area (Å²) in [6, 6.07) is 8.07. The van der Waals surface area contributed by atoms with E-state index in [4.69, 9.17) is 15.6 Å². The lowest BCUT2D eigenvalue weighted by Gasteiger charge is -2.13. The summed E-state index contributed by atoms with van der Waals surface area (Å²) in [6.07, 6.45) is 0.269. The van der Waals surface area contributed by atoms with Crippen LogP contribution in [0.1, 0.15) is 11.1 Å². The van der Waals surface area contributed by atoms with Gasteiger partial charge in [-0.15, -0.1) is 0 Å². The number of rotatable bonds is 5. The Labute approximate surface area is 161 Å². The molecule has 0 saturated heterocycles. The number of ether oxygens (including phenoxy) is 1. The molecule has 0 aromatic heterocycles. The molecule has 4 N–H and O–H groups in total. The number of aromatic hydroxyl groups is 1. The lowest BCUT2D eigenvalue weighted by atomic mass is 10.0. The quantitative estimate of drug-likeness (QED) is 0.505. The number of hydrogen-bond acceptors (Lipinski definition) is 4.